The van der Waals surface area contributed by atoms with Crippen LogP contribution < -0.4 is 5.32 Å². The van der Waals surface area contributed by atoms with Crippen LogP contribution >= 0.6 is 0 Å². The SMILES string of the molecule is CNC(=O)N1CC(O)C(O)C1. The van der Waals surface area contributed by atoms with Gasteiger partial charge >= 0.3 is 6.03 Å². The Kier molecular flexibility index (Phi) is 2.31. The molecule has 1 rings (SSSR count). The predicted octanol–water partition coefficient (Wildman–Crippen LogP) is -1.64. The average Bonchev–Trinajstić information content (AvgIpc) is 2.31. The Hall–Kier alpha value is -0.810. The van der Waals surface area contributed by atoms with Crippen LogP contribution in [0.3, 0.4) is 0 Å². The summed E-state index contributed by atoms with van der Waals surface area (Å²) in [4.78, 5) is 12.3. The van der Waals surface area contributed by atoms with Crippen molar-refractivity contribution in [3.05, 3.63) is 0 Å². The number of hydrogen-bond acceptors (Lipinski definition) is 3. The lowest BCUT2D eigenvalue weighted by molar-refractivity contribution is 0.0572. The number of rotatable bonds is 0. The Morgan fingerprint density at radius 1 is 1.45 bits per heavy atom. The molecule has 1 fully saturated rings. The van der Waals surface area contributed by atoms with Crippen molar-refractivity contribution in [1.82, 2.24) is 10.2 Å². The van der Waals surface area contributed by atoms with E-state index in [1.807, 2.05) is 0 Å². The quantitative estimate of drug-likeness (QED) is 0.398. The Bertz CT molecular complexity index is 152. The van der Waals surface area contributed by atoms with E-state index in [0.717, 1.165) is 0 Å². The highest BCUT2D eigenvalue weighted by Crippen LogP contribution is 2.08. The number of aliphatic hydroxyl groups excluding tert-OH is 2. The van der Waals surface area contributed by atoms with Crippen LogP contribution in [0.1, 0.15) is 0 Å². The predicted molar refractivity (Wildman–Crippen MR) is 38.0 cm³/mol. The lowest BCUT2D eigenvalue weighted by atomic mass is 10.3. The van der Waals surface area contributed by atoms with Crippen molar-refractivity contribution >= 4 is 6.03 Å². The molecule has 1 aliphatic heterocycles. The molecule has 2 unspecified atom stereocenters. The molecular weight excluding hydrogens is 148 g/mol. The molecule has 0 aromatic heterocycles. The second-order valence-electron chi connectivity index (χ2n) is 2.59. The van der Waals surface area contributed by atoms with Crippen LogP contribution in [-0.2, 0) is 0 Å². The molecule has 0 aromatic rings. The largest absolute Gasteiger partial charge is 0.388 e. The number of nitrogens with zero attached hydrogens (tertiary/aromatic N) is 1. The monoisotopic (exact) mass is 160 g/mol. The number of β-amino-alcohol motifs (C(OH)–C–C–N with tert-alkyl or cyclic N) is 2. The summed E-state index contributed by atoms with van der Waals surface area (Å²) in [5, 5.41) is 20.5. The minimum Gasteiger partial charge on any atom is -0.388 e. The third kappa shape index (κ3) is 1.61. The number of nitrogens with one attached hydrogen (secondary N) is 1. The summed E-state index contributed by atoms with van der Waals surface area (Å²) in [7, 11) is 1.51. The van der Waals surface area contributed by atoms with Crippen LogP contribution in [0.2, 0.25) is 0 Å². The number of likely N-dealkylation sites (tertiary alicyclic amines) is 1. The van der Waals surface area contributed by atoms with E-state index in [2.05, 4.69) is 5.32 Å². The maximum atomic E-state index is 10.9. The van der Waals surface area contributed by atoms with Gasteiger partial charge in [-0.05, 0) is 0 Å². The van der Waals surface area contributed by atoms with Gasteiger partial charge in [-0.1, -0.05) is 0 Å². The smallest absolute Gasteiger partial charge is 0.317 e. The number of hydrogen-bond donors (Lipinski definition) is 3. The summed E-state index contributed by atoms with van der Waals surface area (Å²) in [6.07, 6.45) is -1.60. The summed E-state index contributed by atoms with van der Waals surface area (Å²) < 4.78 is 0. The summed E-state index contributed by atoms with van der Waals surface area (Å²) in [6, 6.07) is -0.263. The summed E-state index contributed by atoms with van der Waals surface area (Å²) in [6.45, 7) is 0.418. The molecule has 3 N–H and O–H groups in total. The topological polar surface area (TPSA) is 72.8 Å². The highest BCUT2D eigenvalue weighted by atomic mass is 16.3. The molecule has 0 spiro atoms. The molecule has 64 valence electrons. The zero-order valence-corrected chi connectivity index (χ0v) is 6.32. The normalized spacial score (nSPS) is 30.6. The lowest BCUT2D eigenvalue weighted by Crippen LogP contribution is -2.37. The minimum absolute atomic E-state index is 0.209. The highest BCUT2D eigenvalue weighted by molar-refractivity contribution is 5.74. The molecule has 2 atom stereocenters. The van der Waals surface area contributed by atoms with E-state index in [9.17, 15) is 4.79 Å². The number of urea groups is 1. The van der Waals surface area contributed by atoms with Crippen molar-refractivity contribution in [2.24, 2.45) is 0 Å². The zero-order valence-electron chi connectivity index (χ0n) is 6.32. The zero-order chi connectivity index (χ0) is 8.43. The molecule has 5 heteroatoms. The minimum atomic E-state index is -0.799. The van der Waals surface area contributed by atoms with E-state index in [1.165, 1.54) is 11.9 Å². The van der Waals surface area contributed by atoms with Crippen molar-refractivity contribution in [2.45, 2.75) is 12.2 Å². The van der Waals surface area contributed by atoms with Gasteiger partial charge in [0.2, 0.25) is 0 Å². The Morgan fingerprint density at radius 2 is 1.91 bits per heavy atom. The molecule has 11 heavy (non-hydrogen) atoms. The summed E-state index contributed by atoms with van der Waals surface area (Å²) in [5.74, 6) is 0. The van der Waals surface area contributed by atoms with Gasteiger partial charge in [-0.3, -0.25) is 0 Å². The molecule has 1 saturated heterocycles. The third-order valence-corrected chi connectivity index (χ3v) is 1.76. The molecule has 0 aromatic carbocycles. The first-order valence-corrected chi connectivity index (χ1v) is 3.48. The van der Waals surface area contributed by atoms with Crippen LogP contribution in [-0.4, -0.2) is 53.5 Å². The maximum absolute atomic E-state index is 10.9. The van der Waals surface area contributed by atoms with Gasteiger partial charge in [0, 0.05) is 7.05 Å². The fourth-order valence-electron chi connectivity index (χ4n) is 1.09. The average molecular weight is 160 g/mol. The molecule has 1 aliphatic rings. The summed E-state index contributed by atoms with van der Waals surface area (Å²) >= 11 is 0. The van der Waals surface area contributed by atoms with Gasteiger partial charge < -0.3 is 20.4 Å². The number of amides is 2. The molecule has 0 aliphatic carbocycles. The Morgan fingerprint density at radius 3 is 2.27 bits per heavy atom. The molecule has 1 heterocycles. The van der Waals surface area contributed by atoms with Gasteiger partial charge in [0.05, 0.1) is 25.3 Å². The second-order valence-corrected chi connectivity index (χ2v) is 2.59. The molecule has 2 amide bonds. The van der Waals surface area contributed by atoms with E-state index in [1.54, 1.807) is 0 Å². The molecule has 5 nitrogen and oxygen atoms in total. The van der Waals surface area contributed by atoms with Crippen LogP contribution in [0.25, 0.3) is 0 Å². The van der Waals surface area contributed by atoms with Gasteiger partial charge in [0.1, 0.15) is 0 Å². The lowest BCUT2D eigenvalue weighted by Gasteiger charge is -2.13. The van der Waals surface area contributed by atoms with Gasteiger partial charge in [-0.15, -0.1) is 0 Å². The highest BCUT2D eigenvalue weighted by Gasteiger charge is 2.31. The number of aliphatic hydroxyl groups is 2. The molecule has 0 saturated carbocycles. The maximum Gasteiger partial charge on any atom is 0.317 e. The first-order valence-electron chi connectivity index (χ1n) is 3.48. The van der Waals surface area contributed by atoms with Crippen molar-refractivity contribution in [1.29, 1.82) is 0 Å². The first-order chi connectivity index (χ1) is 5.15. The fourth-order valence-corrected chi connectivity index (χ4v) is 1.09. The van der Waals surface area contributed by atoms with E-state index in [-0.39, 0.29) is 19.1 Å². The van der Waals surface area contributed by atoms with E-state index in [0.29, 0.717) is 0 Å². The first kappa shape index (κ1) is 8.29. The van der Waals surface area contributed by atoms with Crippen molar-refractivity contribution in [3.63, 3.8) is 0 Å². The van der Waals surface area contributed by atoms with Gasteiger partial charge in [0.15, 0.2) is 0 Å². The van der Waals surface area contributed by atoms with E-state index < -0.39 is 12.2 Å². The van der Waals surface area contributed by atoms with Gasteiger partial charge in [0.25, 0.3) is 0 Å². The molecule has 0 bridgehead atoms. The third-order valence-electron chi connectivity index (χ3n) is 1.76. The van der Waals surface area contributed by atoms with E-state index >= 15 is 0 Å². The Balaban J connectivity index is 2.46. The molecular formula is C6H12N2O3. The fraction of sp³-hybridized carbons (Fsp3) is 0.833. The van der Waals surface area contributed by atoms with Crippen molar-refractivity contribution in [3.8, 4) is 0 Å². The van der Waals surface area contributed by atoms with Crippen LogP contribution in [0.4, 0.5) is 4.79 Å². The number of carbonyl (C=O) groups excluding carboxylic acids is 1. The van der Waals surface area contributed by atoms with Gasteiger partial charge in [-0.25, -0.2) is 4.79 Å². The molecule has 0 radical (unpaired) electrons. The van der Waals surface area contributed by atoms with Crippen molar-refractivity contribution < 1.29 is 15.0 Å². The van der Waals surface area contributed by atoms with Crippen LogP contribution in [0, 0.1) is 0 Å². The van der Waals surface area contributed by atoms with E-state index in [4.69, 9.17) is 10.2 Å². The standard InChI is InChI=1S/C6H12N2O3/c1-7-6(11)8-2-4(9)5(10)3-8/h4-5,9-10H,2-3H2,1H3,(H,7,11). The Labute approximate surface area is 64.6 Å². The summed E-state index contributed by atoms with van der Waals surface area (Å²) in [5.41, 5.74) is 0. The second kappa shape index (κ2) is 3.06. The van der Waals surface area contributed by atoms with Crippen molar-refractivity contribution in [2.75, 3.05) is 20.1 Å². The van der Waals surface area contributed by atoms with Gasteiger partial charge in [-0.2, -0.15) is 0 Å². The van der Waals surface area contributed by atoms with Crippen LogP contribution in [0.15, 0.2) is 0 Å². The van der Waals surface area contributed by atoms with Crippen LogP contribution in [0.5, 0.6) is 0 Å². The number of carbonyl (C=O) groups is 1.